The number of halogens is 1. The first kappa shape index (κ1) is 13.4. The first-order valence-corrected chi connectivity index (χ1v) is 7.41. The topological polar surface area (TPSA) is 49.3 Å². The Labute approximate surface area is 116 Å². The Morgan fingerprint density at radius 2 is 2.00 bits per heavy atom. The second kappa shape index (κ2) is 5.74. The molecule has 0 heterocycles. The summed E-state index contributed by atoms with van der Waals surface area (Å²) in [7, 11) is 0. The molecular formula is C14H18BrNO2. The molecule has 0 saturated heterocycles. The van der Waals surface area contributed by atoms with E-state index in [1.54, 1.807) is 18.2 Å². The highest BCUT2D eigenvalue weighted by molar-refractivity contribution is 9.09. The molecule has 1 aliphatic carbocycles. The van der Waals surface area contributed by atoms with E-state index in [0.717, 1.165) is 18.2 Å². The Kier molecular flexibility index (Phi) is 4.27. The van der Waals surface area contributed by atoms with E-state index >= 15 is 0 Å². The standard InChI is InChI=1S/C14H18BrNO2/c15-9-14(7-3-4-8-14)10-16-13(18)11-5-1-2-6-12(11)17/h1-2,5-6,17H,3-4,7-10H2,(H,16,18). The van der Waals surface area contributed by atoms with E-state index in [9.17, 15) is 9.90 Å². The lowest BCUT2D eigenvalue weighted by Crippen LogP contribution is -2.37. The predicted octanol–water partition coefficient (Wildman–Crippen LogP) is 3.08. The van der Waals surface area contributed by atoms with Crippen molar-refractivity contribution in [1.29, 1.82) is 0 Å². The van der Waals surface area contributed by atoms with Crippen molar-refractivity contribution in [2.24, 2.45) is 5.41 Å². The highest BCUT2D eigenvalue weighted by Crippen LogP contribution is 2.39. The molecule has 0 spiro atoms. The lowest BCUT2D eigenvalue weighted by atomic mass is 9.89. The fourth-order valence-electron chi connectivity index (χ4n) is 2.51. The Hall–Kier alpha value is -1.03. The number of nitrogens with one attached hydrogen (secondary N) is 1. The van der Waals surface area contributed by atoms with E-state index in [1.807, 2.05) is 0 Å². The number of amides is 1. The van der Waals surface area contributed by atoms with Gasteiger partial charge in [0.05, 0.1) is 5.56 Å². The van der Waals surface area contributed by atoms with Gasteiger partial charge in [0, 0.05) is 11.9 Å². The molecular weight excluding hydrogens is 294 g/mol. The molecule has 2 rings (SSSR count). The minimum atomic E-state index is -0.194. The number of phenolic OH excluding ortho intramolecular Hbond substituents is 1. The first-order chi connectivity index (χ1) is 8.67. The van der Waals surface area contributed by atoms with Crippen LogP contribution in [0.4, 0.5) is 0 Å². The number of carbonyl (C=O) groups excluding carboxylic acids is 1. The fraction of sp³-hybridized carbons (Fsp3) is 0.500. The number of carbonyl (C=O) groups is 1. The van der Waals surface area contributed by atoms with Crippen molar-refractivity contribution in [3.63, 3.8) is 0 Å². The second-order valence-electron chi connectivity index (χ2n) is 5.04. The molecule has 1 fully saturated rings. The SMILES string of the molecule is O=C(NCC1(CBr)CCCC1)c1ccccc1O. The zero-order chi connectivity index (χ0) is 13.0. The molecule has 0 aromatic heterocycles. The number of para-hydroxylation sites is 1. The fourth-order valence-corrected chi connectivity index (χ4v) is 3.27. The summed E-state index contributed by atoms with van der Waals surface area (Å²) in [6.45, 7) is 0.672. The van der Waals surface area contributed by atoms with Crippen LogP contribution in [0.2, 0.25) is 0 Å². The summed E-state index contributed by atoms with van der Waals surface area (Å²) in [5.41, 5.74) is 0.542. The summed E-state index contributed by atoms with van der Waals surface area (Å²) < 4.78 is 0. The maximum atomic E-state index is 12.0. The van der Waals surface area contributed by atoms with Gasteiger partial charge >= 0.3 is 0 Å². The van der Waals surface area contributed by atoms with Crippen molar-refractivity contribution in [2.45, 2.75) is 25.7 Å². The number of hydrogen-bond acceptors (Lipinski definition) is 2. The van der Waals surface area contributed by atoms with Crippen molar-refractivity contribution in [3.05, 3.63) is 29.8 Å². The quantitative estimate of drug-likeness (QED) is 0.840. The molecule has 3 nitrogen and oxygen atoms in total. The summed E-state index contributed by atoms with van der Waals surface area (Å²) in [5.74, 6) is -0.158. The number of phenols is 1. The third-order valence-corrected chi connectivity index (χ3v) is 4.91. The zero-order valence-corrected chi connectivity index (χ0v) is 11.9. The van der Waals surface area contributed by atoms with Gasteiger partial charge in [-0.2, -0.15) is 0 Å². The summed E-state index contributed by atoms with van der Waals surface area (Å²) in [4.78, 5) is 12.0. The van der Waals surface area contributed by atoms with Crippen LogP contribution >= 0.6 is 15.9 Å². The molecule has 1 saturated carbocycles. The molecule has 4 heteroatoms. The molecule has 98 valence electrons. The third kappa shape index (κ3) is 2.86. The molecule has 1 aromatic carbocycles. The maximum absolute atomic E-state index is 12.0. The minimum absolute atomic E-state index is 0.0364. The third-order valence-electron chi connectivity index (χ3n) is 3.72. The molecule has 0 unspecified atom stereocenters. The van der Waals surface area contributed by atoms with Gasteiger partial charge in [0.2, 0.25) is 0 Å². The highest BCUT2D eigenvalue weighted by Gasteiger charge is 2.33. The Morgan fingerprint density at radius 3 is 2.61 bits per heavy atom. The van der Waals surface area contributed by atoms with Crippen LogP contribution < -0.4 is 5.32 Å². The van der Waals surface area contributed by atoms with E-state index in [1.165, 1.54) is 18.9 Å². The van der Waals surface area contributed by atoms with Crippen LogP contribution in [0, 0.1) is 5.41 Å². The van der Waals surface area contributed by atoms with Gasteiger partial charge in [0.15, 0.2) is 0 Å². The molecule has 1 amide bonds. The van der Waals surface area contributed by atoms with Crippen LogP contribution in [0.1, 0.15) is 36.0 Å². The van der Waals surface area contributed by atoms with Gasteiger partial charge in [0.25, 0.3) is 5.91 Å². The van der Waals surface area contributed by atoms with Gasteiger partial charge in [-0.1, -0.05) is 40.9 Å². The monoisotopic (exact) mass is 311 g/mol. The van der Waals surface area contributed by atoms with E-state index in [-0.39, 0.29) is 17.1 Å². The van der Waals surface area contributed by atoms with Gasteiger partial charge in [-0.25, -0.2) is 0 Å². The molecule has 0 bridgehead atoms. The molecule has 1 aliphatic rings. The molecule has 18 heavy (non-hydrogen) atoms. The molecule has 2 N–H and O–H groups in total. The molecule has 0 atom stereocenters. The van der Waals surface area contributed by atoms with Crippen molar-refractivity contribution >= 4 is 21.8 Å². The minimum Gasteiger partial charge on any atom is -0.507 e. The normalized spacial score (nSPS) is 17.6. The predicted molar refractivity (Wildman–Crippen MR) is 75.1 cm³/mol. The van der Waals surface area contributed by atoms with Gasteiger partial charge in [0.1, 0.15) is 5.75 Å². The molecule has 0 aliphatic heterocycles. The highest BCUT2D eigenvalue weighted by atomic mass is 79.9. The van der Waals surface area contributed by atoms with Crippen LogP contribution in [-0.4, -0.2) is 22.9 Å². The van der Waals surface area contributed by atoms with Crippen molar-refractivity contribution in [1.82, 2.24) is 5.32 Å². The lowest BCUT2D eigenvalue weighted by molar-refractivity contribution is 0.0933. The Bertz CT molecular complexity index is 428. The van der Waals surface area contributed by atoms with Gasteiger partial charge in [-0.05, 0) is 30.4 Å². The zero-order valence-electron chi connectivity index (χ0n) is 10.3. The number of hydrogen-bond donors (Lipinski definition) is 2. The molecule has 1 aromatic rings. The summed E-state index contributed by atoms with van der Waals surface area (Å²) in [6.07, 6.45) is 4.77. The van der Waals surface area contributed by atoms with Gasteiger partial charge in [-0.3, -0.25) is 4.79 Å². The summed E-state index contributed by atoms with van der Waals surface area (Å²) in [6, 6.07) is 6.64. The number of aromatic hydroxyl groups is 1. The van der Waals surface area contributed by atoms with E-state index < -0.39 is 0 Å². The second-order valence-corrected chi connectivity index (χ2v) is 5.60. The number of benzene rings is 1. The van der Waals surface area contributed by atoms with E-state index in [4.69, 9.17) is 0 Å². The number of rotatable bonds is 4. The summed E-state index contributed by atoms with van der Waals surface area (Å²) in [5, 5.41) is 13.5. The molecule has 0 radical (unpaired) electrons. The van der Waals surface area contributed by atoms with Crippen LogP contribution in [0.3, 0.4) is 0 Å². The average molecular weight is 312 g/mol. The van der Waals surface area contributed by atoms with Gasteiger partial charge in [-0.15, -0.1) is 0 Å². The largest absolute Gasteiger partial charge is 0.507 e. The van der Waals surface area contributed by atoms with Crippen molar-refractivity contribution in [3.8, 4) is 5.75 Å². The van der Waals surface area contributed by atoms with Gasteiger partial charge < -0.3 is 10.4 Å². The number of alkyl halides is 1. The van der Waals surface area contributed by atoms with Crippen LogP contribution in [0.25, 0.3) is 0 Å². The van der Waals surface area contributed by atoms with Crippen molar-refractivity contribution < 1.29 is 9.90 Å². The Morgan fingerprint density at radius 1 is 1.33 bits per heavy atom. The summed E-state index contributed by atoms with van der Waals surface area (Å²) >= 11 is 3.55. The van der Waals surface area contributed by atoms with Crippen molar-refractivity contribution in [2.75, 3.05) is 11.9 Å². The van der Waals surface area contributed by atoms with Crippen LogP contribution in [0.15, 0.2) is 24.3 Å². The maximum Gasteiger partial charge on any atom is 0.255 e. The Balaban J connectivity index is 1.98. The lowest BCUT2D eigenvalue weighted by Gasteiger charge is -2.26. The van der Waals surface area contributed by atoms with E-state index in [0.29, 0.717) is 12.1 Å². The van der Waals surface area contributed by atoms with Crippen LogP contribution in [-0.2, 0) is 0 Å². The smallest absolute Gasteiger partial charge is 0.255 e. The first-order valence-electron chi connectivity index (χ1n) is 6.29. The van der Waals surface area contributed by atoms with E-state index in [2.05, 4.69) is 21.2 Å². The average Bonchev–Trinajstić information content (AvgIpc) is 2.86. The van der Waals surface area contributed by atoms with Crippen LogP contribution in [0.5, 0.6) is 5.75 Å².